The highest BCUT2D eigenvalue weighted by atomic mass is 16.5. The zero-order valence-corrected chi connectivity index (χ0v) is 17.6. The molecule has 1 aromatic carbocycles. The maximum atomic E-state index is 13.3. The largest absolute Gasteiger partial charge is 0.378 e. The predicted molar refractivity (Wildman–Crippen MR) is 120 cm³/mol. The number of nitrogens with zero attached hydrogens (tertiary/aromatic N) is 4. The molecule has 2 fully saturated rings. The predicted octanol–water partition coefficient (Wildman–Crippen LogP) is 1.68. The highest BCUT2D eigenvalue weighted by Gasteiger charge is 2.35. The number of amides is 1. The average molecular weight is 421 g/mol. The number of benzene rings is 1. The first-order valence-corrected chi connectivity index (χ1v) is 11.1. The third-order valence-corrected chi connectivity index (χ3v) is 6.09. The van der Waals surface area contributed by atoms with Gasteiger partial charge in [-0.25, -0.2) is 0 Å². The molecule has 8 heteroatoms. The van der Waals surface area contributed by atoms with Gasteiger partial charge in [0.15, 0.2) is 0 Å². The van der Waals surface area contributed by atoms with Gasteiger partial charge in [-0.1, -0.05) is 30.7 Å². The van der Waals surface area contributed by atoms with Gasteiger partial charge in [0.25, 0.3) is 0 Å². The summed E-state index contributed by atoms with van der Waals surface area (Å²) in [6.45, 7) is 4.30. The Hall–Kier alpha value is -2.84. The molecule has 2 aromatic rings. The van der Waals surface area contributed by atoms with Crippen LogP contribution < -0.4 is 10.6 Å². The molecule has 31 heavy (non-hydrogen) atoms. The van der Waals surface area contributed by atoms with Crippen LogP contribution in [0.3, 0.4) is 0 Å². The first-order chi connectivity index (χ1) is 15.3. The van der Waals surface area contributed by atoms with Crippen molar-refractivity contribution in [3.63, 3.8) is 0 Å². The fraction of sp³-hybridized carbons (Fsp3) is 0.478. The molecule has 4 heterocycles. The van der Waals surface area contributed by atoms with E-state index in [-0.39, 0.29) is 5.91 Å². The minimum absolute atomic E-state index is 0.130. The van der Waals surface area contributed by atoms with Crippen molar-refractivity contribution in [2.45, 2.75) is 31.2 Å². The van der Waals surface area contributed by atoms with E-state index >= 15 is 0 Å². The molecule has 2 atom stereocenters. The molecular weight excluding hydrogens is 392 g/mol. The first-order valence-electron chi connectivity index (χ1n) is 11.1. The lowest BCUT2D eigenvalue weighted by molar-refractivity contribution is -0.120. The normalized spacial score (nSPS) is 26.1. The zero-order chi connectivity index (χ0) is 21.0. The van der Waals surface area contributed by atoms with E-state index in [1.165, 1.54) is 12.8 Å². The number of hydrogen-bond donors (Lipinski definition) is 2. The summed E-state index contributed by atoms with van der Waals surface area (Å²) in [4.78, 5) is 29.7. The highest BCUT2D eigenvalue weighted by Crippen LogP contribution is 2.24. The third-order valence-electron chi connectivity index (χ3n) is 6.09. The second kappa shape index (κ2) is 9.11. The summed E-state index contributed by atoms with van der Waals surface area (Å²) in [5, 5.41) is 7.57. The van der Waals surface area contributed by atoms with E-state index in [0.717, 1.165) is 23.9 Å². The summed E-state index contributed by atoms with van der Waals surface area (Å²) in [5.41, 5.74) is 1.54. The number of rotatable bonds is 3. The van der Waals surface area contributed by atoms with Gasteiger partial charge in [0.05, 0.1) is 31.0 Å². The van der Waals surface area contributed by atoms with E-state index in [0.29, 0.717) is 56.4 Å². The first kappa shape index (κ1) is 20.1. The van der Waals surface area contributed by atoms with E-state index in [9.17, 15) is 4.79 Å². The Bertz CT molecular complexity index is 1010. The summed E-state index contributed by atoms with van der Waals surface area (Å²) in [6.07, 6.45) is 3.52. The van der Waals surface area contributed by atoms with Crippen molar-refractivity contribution < 1.29 is 9.53 Å². The summed E-state index contributed by atoms with van der Waals surface area (Å²) < 4.78 is 5.44. The molecule has 0 radical (unpaired) electrons. The van der Waals surface area contributed by atoms with E-state index < -0.39 is 5.92 Å². The number of aliphatic imine (C=N–C) groups is 2. The molecule has 0 bridgehead atoms. The number of hydrogen-bond acceptors (Lipinski definition) is 6. The Balaban J connectivity index is 1.49. The van der Waals surface area contributed by atoms with Crippen molar-refractivity contribution in [3.05, 3.63) is 42.1 Å². The summed E-state index contributed by atoms with van der Waals surface area (Å²) in [7, 11) is 0. The number of carbonyl (C=O) groups is 1. The molecule has 0 aliphatic carbocycles. The van der Waals surface area contributed by atoms with Gasteiger partial charge < -0.3 is 15.0 Å². The monoisotopic (exact) mass is 420 g/mol. The van der Waals surface area contributed by atoms with Gasteiger partial charge in [-0.3, -0.25) is 20.1 Å². The van der Waals surface area contributed by atoms with Crippen LogP contribution in [0.2, 0.25) is 0 Å². The van der Waals surface area contributed by atoms with Crippen LogP contribution in [0.1, 0.15) is 30.9 Å². The van der Waals surface area contributed by atoms with Gasteiger partial charge in [-0.05, 0) is 31.5 Å². The van der Waals surface area contributed by atoms with Crippen LogP contribution in [-0.4, -0.2) is 73.0 Å². The van der Waals surface area contributed by atoms with E-state index in [1.807, 2.05) is 36.4 Å². The summed E-state index contributed by atoms with van der Waals surface area (Å²) >= 11 is 0. The van der Waals surface area contributed by atoms with Crippen LogP contribution in [0, 0.1) is 0 Å². The second-order valence-corrected chi connectivity index (χ2v) is 8.23. The van der Waals surface area contributed by atoms with Gasteiger partial charge in [0, 0.05) is 24.5 Å². The molecule has 0 spiro atoms. The molecule has 2 N–H and O–H groups in total. The van der Waals surface area contributed by atoms with Crippen LogP contribution in [0.5, 0.6) is 0 Å². The average Bonchev–Trinajstić information content (AvgIpc) is 2.83. The number of amidine groups is 1. The standard InChI is InChI=1S/C23H28N6O2/c30-22-20(19-9-8-16-5-1-2-7-18(16)26-19)21(25-15-17-6-3-4-10-24-17)27-23(28-22)29-11-13-31-14-12-29/h1-2,5,7-9,17,20,24H,3-4,6,10-15H2,(H,25,27,28,30). The fourth-order valence-electron chi connectivity index (χ4n) is 4.34. The van der Waals surface area contributed by atoms with Crippen molar-refractivity contribution in [2.75, 3.05) is 39.4 Å². The zero-order valence-electron chi connectivity index (χ0n) is 17.6. The number of morpholine rings is 1. The van der Waals surface area contributed by atoms with Gasteiger partial charge >= 0.3 is 0 Å². The van der Waals surface area contributed by atoms with Crippen molar-refractivity contribution >= 4 is 28.6 Å². The Labute approximate surface area is 181 Å². The van der Waals surface area contributed by atoms with E-state index in [2.05, 4.69) is 15.5 Å². The van der Waals surface area contributed by atoms with Gasteiger partial charge in [0.2, 0.25) is 11.9 Å². The molecule has 3 aliphatic heterocycles. The fourth-order valence-corrected chi connectivity index (χ4v) is 4.34. The van der Waals surface area contributed by atoms with Crippen molar-refractivity contribution in [3.8, 4) is 0 Å². The summed E-state index contributed by atoms with van der Waals surface area (Å²) in [5.74, 6) is 0.369. The lowest BCUT2D eigenvalue weighted by Crippen LogP contribution is -2.53. The van der Waals surface area contributed by atoms with Crippen LogP contribution >= 0.6 is 0 Å². The van der Waals surface area contributed by atoms with Gasteiger partial charge in [-0.2, -0.15) is 4.99 Å². The Morgan fingerprint density at radius 2 is 2.00 bits per heavy atom. The molecule has 2 saturated heterocycles. The van der Waals surface area contributed by atoms with Crippen LogP contribution in [0.4, 0.5) is 0 Å². The Morgan fingerprint density at radius 1 is 1.13 bits per heavy atom. The molecule has 162 valence electrons. The maximum Gasteiger partial charge on any atom is 0.243 e. The molecule has 3 aliphatic rings. The molecule has 0 saturated carbocycles. The molecule has 2 unspecified atom stereocenters. The maximum absolute atomic E-state index is 13.3. The minimum atomic E-state index is -0.613. The van der Waals surface area contributed by atoms with Crippen molar-refractivity contribution in [2.24, 2.45) is 9.98 Å². The number of nitrogens with one attached hydrogen (secondary N) is 2. The minimum Gasteiger partial charge on any atom is -0.378 e. The Kier molecular flexibility index (Phi) is 5.90. The van der Waals surface area contributed by atoms with Crippen LogP contribution in [-0.2, 0) is 9.53 Å². The van der Waals surface area contributed by atoms with E-state index in [4.69, 9.17) is 19.7 Å². The Morgan fingerprint density at radius 3 is 2.84 bits per heavy atom. The number of ether oxygens (including phenoxy) is 1. The lowest BCUT2D eigenvalue weighted by Gasteiger charge is -2.33. The van der Waals surface area contributed by atoms with E-state index in [1.54, 1.807) is 0 Å². The summed E-state index contributed by atoms with van der Waals surface area (Å²) in [6, 6.07) is 12.2. The highest BCUT2D eigenvalue weighted by molar-refractivity contribution is 6.20. The number of piperidine rings is 1. The molecule has 1 amide bonds. The number of aromatic nitrogens is 1. The third kappa shape index (κ3) is 4.45. The quantitative estimate of drug-likeness (QED) is 0.788. The topological polar surface area (TPSA) is 91.2 Å². The van der Waals surface area contributed by atoms with Gasteiger partial charge in [0.1, 0.15) is 11.8 Å². The molecule has 5 rings (SSSR count). The number of fused-ring (bicyclic) bond motifs is 1. The van der Waals surface area contributed by atoms with Crippen LogP contribution in [0.15, 0.2) is 46.4 Å². The molecular formula is C23H28N6O2. The number of para-hydroxylation sites is 1. The molecule has 1 aromatic heterocycles. The number of carbonyl (C=O) groups excluding carboxylic acids is 1. The number of pyridine rings is 1. The van der Waals surface area contributed by atoms with Crippen molar-refractivity contribution in [1.29, 1.82) is 0 Å². The second-order valence-electron chi connectivity index (χ2n) is 8.23. The molecule has 8 nitrogen and oxygen atoms in total. The smallest absolute Gasteiger partial charge is 0.243 e. The SMILES string of the molecule is O=C1NC(N2CCOCC2)=NC(=NCC2CCCCN2)C1c1ccc2ccccc2n1. The van der Waals surface area contributed by atoms with Crippen LogP contribution in [0.25, 0.3) is 10.9 Å². The van der Waals surface area contributed by atoms with Gasteiger partial charge in [-0.15, -0.1) is 0 Å². The number of guanidine groups is 1. The lowest BCUT2D eigenvalue weighted by atomic mass is 9.99. The van der Waals surface area contributed by atoms with Crippen molar-refractivity contribution in [1.82, 2.24) is 20.5 Å².